The monoisotopic (exact) mass is 420 g/mol. The number of hydrogen-bond donors (Lipinski definition) is 1. The lowest BCUT2D eigenvalue weighted by atomic mass is 10.2. The molecule has 29 heavy (non-hydrogen) atoms. The van der Waals surface area contributed by atoms with E-state index in [-0.39, 0.29) is 29.1 Å². The molecule has 0 spiro atoms. The van der Waals surface area contributed by atoms with Crippen LogP contribution in [-0.4, -0.2) is 50.3 Å². The van der Waals surface area contributed by atoms with Gasteiger partial charge in [-0.25, -0.2) is 0 Å². The molecule has 1 aromatic heterocycles. The summed E-state index contributed by atoms with van der Waals surface area (Å²) in [4.78, 5) is 25.1. The Balaban J connectivity index is 2.12. The van der Waals surface area contributed by atoms with Gasteiger partial charge in [-0.1, -0.05) is 44.2 Å². The second-order valence-electron chi connectivity index (χ2n) is 6.84. The van der Waals surface area contributed by atoms with Crippen LogP contribution in [0.1, 0.15) is 45.0 Å². The maximum atomic E-state index is 12.4. The molecule has 0 aliphatic rings. The van der Waals surface area contributed by atoms with Gasteiger partial charge in [-0.15, -0.1) is 10.2 Å². The Morgan fingerprint density at radius 2 is 2.03 bits per heavy atom. The van der Waals surface area contributed by atoms with Gasteiger partial charge in [0.1, 0.15) is 5.69 Å². The van der Waals surface area contributed by atoms with E-state index in [1.165, 1.54) is 23.9 Å². The highest BCUT2D eigenvalue weighted by atomic mass is 32.2. The number of carbonyl (C=O) groups is 1. The number of rotatable bonds is 11. The molecule has 0 saturated carbocycles. The average Bonchev–Trinajstić information content (AvgIpc) is 3.07. The Hall–Kier alpha value is -2.46. The van der Waals surface area contributed by atoms with Crippen LogP contribution < -0.4 is 5.32 Å². The number of para-hydroxylation sites is 2. The third kappa shape index (κ3) is 6.01. The molecule has 9 nitrogen and oxygen atoms in total. The molecule has 1 heterocycles. The lowest BCUT2D eigenvalue weighted by molar-refractivity contribution is -0.383. The standard InChI is InChI=1S/C19H28N6O3S/c1-5-7-12-24-18(15(6-2)23(3)4)21-22-19(24)29-13-17(26)20-14-10-8-9-11-16(14)25(27)28/h8-11,15H,5-7,12-13H2,1-4H3,(H,20,26)/t15-/m1/s1. The number of carbonyl (C=O) groups excluding carboxylic acids is 1. The lowest BCUT2D eigenvalue weighted by Gasteiger charge is -2.23. The van der Waals surface area contributed by atoms with Crippen LogP contribution in [0.15, 0.2) is 29.4 Å². The Kier molecular flexibility index (Phi) is 8.59. The molecule has 1 atom stereocenters. The molecule has 0 radical (unpaired) electrons. The second kappa shape index (κ2) is 10.9. The zero-order chi connectivity index (χ0) is 21.4. The Bertz CT molecular complexity index is 839. The Morgan fingerprint density at radius 1 is 1.31 bits per heavy atom. The van der Waals surface area contributed by atoms with Crippen molar-refractivity contribution >= 4 is 29.0 Å². The summed E-state index contributed by atoms with van der Waals surface area (Å²) in [6, 6.07) is 6.24. The minimum atomic E-state index is -0.511. The van der Waals surface area contributed by atoms with Gasteiger partial charge in [0.05, 0.1) is 16.7 Å². The van der Waals surface area contributed by atoms with E-state index >= 15 is 0 Å². The first-order valence-electron chi connectivity index (χ1n) is 9.64. The van der Waals surface area contributed by atoms with Gasteiger partial charge in [0.2, 0.25) is 5.91 Å². The fraction of sp³-hybridized carbons (Fsp3) is 0.526. The van der Waals surface area contributed by atoms with Crippen LogP contribution in [0.25, 0.3) is 0 Å². The third-order valence-electron chi connectivity index (χ3n) is 4.50. The molecule has 0 fully saturated rings. The van der Waals surface area contributed by atoms with E-state index in [0.29, 0.717) is 5.16 Å². The molecule has 0 unspecified atom stereocenters. The number of thioether (sulfide) groups is 1. The van der Waals surface area contributed by atoms with E-state index in [1.807, 2.05) is 14.1 Å². The number of nitro groups is 1. The van der Waals surface area contributed by atoms with E-state index in [0.717, 1.165) is 31.6 Å². The quantitative estimate of drug-likeness (QED) is 0.335. The van der Waals surface area contributed by atoms with E-state index in [9.17, 15) is 14.9 Å². The minimum absolute atomic E-state index is 0.0923. The van der Waals surface area contributed by atoms with Gasteiger partial charge in [0, 0.05) is 12.6 Å². The van der Waals surface area contributed by atoms with Crippen LogP contribution in [0, 0.1) is 10.1 Å². The van der Waals surface area contributed by atoms with Crippen LogP contribution in [-0.2, 0) is 11.3 Å². The summed E-state index contributed by atoms with van der Waals surface area (Å²) in [6.45, 7) is 5.02. The van der Waals surface area contributed by atoms with Crippen molar-refractivity contribution in [3.63, 3.8) is 0 Å². The smallest absolute Gasteiger partial charge is 0.292 e. The predicted octanol–water partition coefficient (Wildman–Crippen LogP) is 3.73. The number of nitro benzene ring substituents is 1. The van der Waals surface area contributed by atoms with Gasteiger partial charge in [-0.3, -0.25) is 19.8 Å². The number of nitrogens with zero attached hydrogens (tertiary/aromatic N) is 5. The molecule has 0 bridgehead atoms. The molecule has 0 aliphatic carbocycles. The van der Waals surface area contributed by atoms with Crippen LogP contribution in [0.2, 0.25) is 0 Å². The molecular formula is C19H28N6O3S. The summed E-state index contributed by atoms with van der Waals surface area (Å²) in [5.74, 6) is 0.665. The van der Waals surface area contributed by atoms with E-state index in [2.05, 4.69) is 38.8 Å². The normalized spacial score (nSPS) is 12.2. The third-order valence-corrected chi connectivity index (χ3v) is 5.46. The van der Waals surface area contributed by atoms with Crippen molar-refractivity contribution < 1.29 is 9.72 Å². The molecule has 1 amide bonds. The maximum absolute atomic E-state index is 12.4. The van der Waals surface area contributed by atoms with Crippen molar-refractivity contribution in [3.8, 4) is 0 Å². The molecule has 2 aromatic rings. The summed E-state index contributed by atoms with van der Waals surface area (Å²) in [6.07, 6.45) is 2.93. The average molecular weight is 421 g/mol. The summed E-state index contributed by atoms with van der Waals surface area (Å²) < 4.78 is 2.08. The second-order valence-corrected chi connectivity index (χ2v) is 7.79. The van der Waals surface area contributed by atoms with Crippen molar-refractivity contribution in [2.24, 2.45) is 0 Å². The number of amides is 1. The number of unbranched alkanes of at least 4 members (excludes halogenated alkanes) is 1. The molecular weight excluding hydrogens is 392 g/mol. The van der Waals surface area contributed by atoms with Gasteiger partial charge >= 0.3 is 0 Å². The number of benzene rings is 1. The number of aromatic nitrogens is 3. The zero-order valence-electron chi connectivity index (χ0n) is 17.3. The number of hydrogen-bond acceptors (Lipinski definition) is 7. The van der Waals surface area contributed by atoms with Crippen molar-refractivity contribution in [1.29, 1.82) is 0 Å². The van der Waals surface area contributed by atoms with Crippen molar-refractivity contribution in [1.82, 2.24) is 19.7 Å². The van der Waals surface area contributed by atoms with E-state index in [1.54, 1.807) is 12.1 Å². The first-order chi connectivity index (χ1) is 13.9. The van der Waals surface area contributed by atoms with Crippen LogP contribution in [0.4, 0.5) is 11.4 Å². The lowest BCUT2D eigenvalue weighted by Crippen LogP contribution is -2.23. The largest absolute Gasteiger partial charge is 0.320 e. The van der Waals surface area contributed by atoms with Gasteiger partial charge < -0.3 is 9.88 Å². The fourth-order valence-electron chi connectivity index (χ4n) is 3.01. The number of anilines is 1. The number of nitrogens with one attached hydrogen (secondary N) is 1. The molecule has 0 aliphatic heterocycles. The van der Waals surface area contributed by atoms with E-state index < -0.39 is 4.92 Å². The minimum Gasteiger partial charge on any atom is -0.320 e. The van der Waals surface area contributed by atoms with Gasteiger partial charge in [0.15, 0.2) is 11.0 Å². The summed E-state index contributed by atoms with van der Waals surface area (Å²) in [5.41, 5.74) is 0.0610. The van der Waals surface area contributed by atoms with Gasteiger partial charge in [-0.05, 0) is 33.0 Å². The summed E-state index contributed by atoms with van der Waals surface area (Å²) in [7, 11) is 4.03. The fourth-order valence-corrected chi connectivity index (χ4v) is 3.78. The van der Waals surface area contributed by atoms with Crippen LogP contribution in [0.3, 0.4) is 0 Å². The molecule has 158 valence electrons. The van der Waals surface area contributed by atoms with Gasteiger partial charge in [0.25, 0.3) is 5.69 Å². The predicted molar refractivity (Wildman–Crippen MR) is 114 cm³/mol. The summed E-state index contributed by atoms with van der Waals surface area (Å²) >= 11 is 1.29. The zero-order valence-corrected chi connectivity index (χ0v) is 18.1. The first kappa shape index (κ1) is 22.8. The molecule has 2 rings (SSSR count). The maximum Gasteiger partial charge on any atom is 0.292 e. The van der Waals surface area contributed by atoms with Crippen molar-refractivity contribution in [3.05, 3.63) is 40.2 Å². The highest BCUT2D eigenvalue weighted by Crippen LogP contribution is 2.27. The molecule has 1 aromatic carbocycles. The topological polar surface area (TPSA) is 106 Å². The highest BCUT2D eigenvalue weighted by Gasteiger charge is 2.22. The van der Waals surface area contributed by atoms with E-state index in [4.69, 9.17) is 0 Å². The SMILES string of the molecule is CCCCn1c(SCC(=O)Nc2ccccc2[N+](=O)[O-])nnc1[C@@H](CC)N(C)C. The molecule has 10 heteroatoms. The van der Waals surface area contributed by atoms with Crippen molar-refractivity contribution in [2.45, 2.75) is 50.9 Å². The first-order valence-corrected chi connectivity index (χ1v) is 10.6. The summed E-state index contributed by atoms with van der Waals surface area (Å²) in [5, 5.41) is 23.1. The Morgan fingerprint density at radius 3 is 2.66 bits per heavy atom. The van der Waals surface area contributed by atoms with Gasteiger partial charge in [-0.2, -0.15) is 0 Å². The Labute approximate surface area is 175 Å². The van der Waals surface area contributed by atoms with Crippen molar-refractivity contribution in [2.75, 3.05) is 25.2 Å². The van der Waals surface area contributed by atoms with Crippen LogP contribution >= 0.6 is 11.8 Å². The van der Waals surface area contributed by atoms with Crippen LogP contribution in [0.5, 0.6) is 0 Å². The molecule has 1 N–H and O–H groups in total. The highest BCUT2D eigenvalue weighted by molar-refractivity contribution is 7.99. The molecule has 0 saturated heterocycles.